The van der Waals surface area contributed by atoms with Crippen molar-refractivity contribution in [2.45, 2.75) is 6.92 Å². The van der Waals surface area contributed by atoms with Gasteiger partial charge in [-0.15, -0.1) is 12.4 Å². The Morgan fingerprint density at radius 2 is 1.82 bits per heavy atom. The number of anilines is 1. The highest BCUT2D eigenvalue weighted by Crippen LogP contribution is 2.11. The lowest BCUT2D eigenvalue weighted by Gasteiger charge is -2.11. The van der Waals surface area contributed by atoms with E-state index >= 15 is 0 Å². The van der Waals surface area contributed by atoms with Crippen LogP contribution in [0.3, 0.4) is 0 Å². The first-order valence-electron chi connectivity index (χ1n) is 3.44. The Morgan fingerprint density at radius 1 is 1.18 bits per heavy atom. The Kier molecular flexibility index (Phi) is 3.98. The van der Waals surface area contributed by atoms with Gasteiger partial charge in [0.1, 0.15) is 0 Å². The molecule has 1 rings (SSSR count). The summed E-state index contributed by atoms with van der Waals surface area (Å²) in [6, 6.07) is 8.45. The van der Waals surface area contributed by atoms with Crippen LogP contribution in [-0.2, 0) is 0 Å². The molecule has 1 aromatic rings. The number of benzene rings is 1. The minimum Gasteiger partial charge on any atom is -0.378 e. The van der Waals surface area contributed by atoms with Crippen molar-refractivity contribution in [1.29, 1.82) is 0 Å². The van der Waals surface area contributed by atoms with Gasteiger partial charge in [-0.3, -0.25) is 0 Å². The Labute approximate surface area is 74.4 Å². The van der Waals surface area contributed by atoms with Gasteiger partial charge < -0.3 is 4.90 Å². The van der Waals surface area contributed by atoms with E-state index in [2.05, 4.69) is 50.2 Å². The van der Waals surface area contributed by atoms with Gasteiger partial charge in [-0.25, -0.2) is 0 Å². The van der Waals surface area contributed by atoms with E-state index in [9.17, 15) is 0 Å². The van der Waals surface area contributed by atoms with E-state index in [1.807, 2.05) is 0 Å². The molecule has 0 aliphatic carbocycles. The van der Waals surface area contributed by atoms with Crippen LogP contribution in [0.2, 0.25) is 0 Å². The second-order valence-corrected chi connectivity index (χ2v) is 2.73. The van der Waals surface area contributed by atoms with Gasteiger partial charge in [0, 0.05) is 19.8 Å². The van der Waals surface area contributed by atoms with E-state index in [1.54, 1.807) is 0 Å². The highest BCUT2D eigenvalue weighted by Gasteiger charge is 1.91. The molecular formula is C9H14ClN. The molecule has 62 valence electrons. The Hall–Kier alpha value is -0.690. The Bertz CT molecular complexity index is 221. The second kappa shape index (κ2) is 4.24. The van der Waals surface area contributed by atoms with Gasteiger partial charge in [-0.2, -0.15) is 0 Å². The maximum Gasteiger partial charge on any atom is 0.0363 e. The first kappa shape index (κ1) is 10.3. The fraction of sp³-hybridized carbons (Fsp3) is 0.333. The number of nitrogens with zero attached hydrogens (tertiary/aromatic N) is 1. The summed E-state index contributed by atoms with van der Waals surface area (Å²) in [5, 5.41) is 0. The predicted molar refractivity (Wildman–Crippen MR) is 52.8 cm³/mol. The fourth-order valence-corrected chi connectivity index (χ4v) is 0.906. The minimum absolute atomic E-state index is 0. The molecule has 0 spiro atoms. The van der Waals surface area contributed by atoms with E-state index in [0.717, 1.165) is 0 Å². The molecule has 0 heterocycles. The van der Waals surface area contributed by atoms with Crippen molar-refractivity contribution in [3.63, 3.8) is 0 Å². The number of hydrogen-bond acceptors (Lipinski definition) is 1. The zero-order valence-corrected chi connectivity index (χ0v) is 7.98. The van der Waals surface area contributed by atoms with Crippen molar-refractivity contribution >= 4 is 18.1 Å². The van der Waals surface area contributed by atoms with Crippen LogP contribution in [0.25, 0.3) is 0 Å². The fourth-order valence-electron chi connectivity index (χ4n) is 0.906. The van der Waals surface area contributed by atoms with E-state index in [4.69, 9.17) is 0 Å². The standard InChI is InChI=1S/C9H13N.ClH/c1-8-5-4-6-9(7-8)10(2)3;/h4-7H,1-3H3;1H. The summed E-state index contributed by atoms with van der Waals surface area (Å²) >= 11 is 0. The molecule has 0 aliphatic heterocycles. The highest BCUT2D eigenvalue weighted by atomic mass is 35.5. The minimum atomic E-state index is 0. The van der Waals surface area contributed by atoms with Crippen LogP contribution in [0.4, 0.5) is 5.69 Å². The van der Waals surface area contributed by atoms with Crippen LogP contribution in [-0.4, -0.2) is 14.1 Å². The molecule has 0 saturated carbocycles. The molecule has 1 nitrogen and oxygen atoms in total. The Morgan fingerprint density at radius 3 is 2.18 bits per heavy atom. The smallest absolute Gasteiger partial charge is 0.0363 e. The van der Waals surface area contributed by atoms with Crippen LogP contribution in [0.5, 0.6) is 0 Å². The molecule has 0 N–H and O–H groups in total. The molecule has 11 heavy (non-hydrogen) atoms. The predicted octanol–water partition coefficient (Wildman–Crippen LogP) is 2.48. The summed E-state index contributed by atoms with van der Waals surface area (Å²) in [5.74, 6) is 0. The zero-order chi connectivity index (χ0) is 7.56. The number of hydrogen-bond donors (Lipinski definition) is 0. The topological polar surface area (TPSA) is 3.24 Å². The third-order valence-corrected chi connectivity index (χ3v) is 1.52. The summed E-state index contributed by atoms with van der Waals surface area (Å²) < 4.78 is 0. The molecule has 2 heteroatoms. The summed E-state index contributed by atoms with van der Waals surface area (Å²) in [7, 11) is 4.10. The number of aryl methyl sites for hydroxylation is 1. The van der Waals surface area contributed by atoms with Crippen molar-refractivity contribution in [1.82, 2.24) is 0 Å². The lowest BCUT2D eigenvalue weighted by atomic mass is 10.2. The van der Waals surface area contributed by atoms with Crippen molar-refractivity contribution in [2.75, 3.05) is 19.0 Å². The van der Waals surface area contributed by atoms with E-state index in [1.165, 1.54) is 11.3 Å². The van der Waals surface area contributed by atoms with Crippen molar-refractivity contribution in [3.05, 3.63) is 29.8 Å². The first-order chi connectivity index (χ1) is 4.70. The van der Waals surface area contributed by atoms with Gasteiger partial charge >= 0.3 is 0 Å². The van der Waals surface area contributed by atoms with Gasteiger partial charge in [0.05, 0.1) is 0 Å². The average molecular weight is 172 g/mol. The van der Waals surface area contributed by atoms with Crippen LogP contribution < -0.4 is 4.90 Å². The van der Waals surface area contributed by atoms with Crippen molar-refractivity contribution in [2.24, 2.45) is 0 Å². The van der Waals surface area contributed by atoms with Crippen LogP contribution >= 0.6 is 12.4 Å². The average Bonchev–Trinajstić information content (AvgIpc) is 1.88. The quantitative estimate of drug-likeness (QED) is 0.628. The molecule has 0 aromatic heterocycles. The molecule has 0 unspecified atom stereocenters. The summed E-state index contributed by atoms with van der Waals surface area (Å²) in [5.41, 5.74) is 2.58. The largest absolute Gasteiger partial charge is 0.378 e. The Balaban J connectivity index is 0.000001000. The van der Waals surface area contributed by atoms with Crippen LogP contribution in [0.1, 0.15) is 5.56 Å². The van der Waals surface area contributed by atoms with Gasteiger partial charge in [0.15, 0.2) is 0 Å². The normalized spacial score (nSPS) is 8.64. The maximum atomic E-state index is 2.17. The molecule has 0 atom stereocenters. The summed E-state index contributed by atoms with van der Waals surface area (Å²) in [6.45, 7) is 2.10. The van der Waals surface area contributed by atoms with Gasteiger partial charge in [0.25, 0.3) is 0 Å². The van der Waals surface area contributed by atoms with E-state index in [0.29, 0.717) is 0 Å². The van der Waals surface area contributed by atoms with Crippen molar-refractivity contribution in [3.8, 4) is 0 Å². The maximum absolute atomic E-state index is 2.17. The zero-order valence-electron chi connectivity index (χ0n) is 7.16. The lowest BCUT2D eigenvalue weighted by molar-refractivity contribution is 1.13. The third kappa shape index (κ3) is 2.81. The van der Waals surface area contributed by atoms with Crippen molar-refractivity contribution < 1.29 is 0 Å². The summed E-state index contributed by atoms with van der Waals surface area (Å²) in [6.07, 6.45) is 0. The SMILES string of the molecule is Cc1cccc(N(C)C)c1.Cl. The molecular weight excluding hydrogens is 158 g/mol. The van der Waals surface area contributed by atoms with Gasteiger partial charge in [-0.05, 0) is 24.6 Å². The first-order valence-corrected chi connectivity index (χ1v) is 3.44. The molecule has 0 radical (unpaired) electrons. The molecule has 1 aromatic carbocycles. The number of halogens is 1. The summed E-state index contributed by atoms with van der Waals surface area (Å²) in [4.78, 5) is 2.10. The monoisotopic (exact) mass is 171 g/mol. The van der Waals surface area contributed by atoms with E-state index < -0.39 is 0 Å². The molecule has 0 amide bonds. The number of rotatable bonds is 1. The van der Waals surface area contributed by atoms with Gasteiger partial charge in [-0.1, -0.05) is 12.1 Å². The molecule has 0 aliphatic rings. The molecule has 0 bridgehead atoms. The van der Waals surface area contributed by atoms with Crippen LogP contribution in [0.15, 0.2) is 24.3 Å². The lowest BCUT2D eigenvalue weighted by Crippen LogP contribution is -2.08. The second-order valence-electron chi connectivity index (χ2n) is 2.73. The highest BCUT2D eigenvalue weighted by molar-refractivity contribution is 5.85. The van der Waals surface area contributed by atoms with E-state index in [-0.39, 0.29) is 12.4 Å². The van der Waals surface area contributed by atoms with Crippen LogP contribution in [0, 0.1) is 6.92 Å². The molecule has 0 saturated heterocycles. The van der Waals surface area contributed by atoms with Gasteiger partial charge in [0.2, 0.25) is 0 Å². The third-order valence-electron chi connectivity index (χ3n) is 1.52. The molecule has 0 fully saturated rings.